The fourth-order valence-corrected chi connectivity index (χ4v) is 2.87. The molecular weight excluding hydrogens is 354 g/mol. The van der Waals surface area contributed by atoms with Gasteiger partial charge in [-0.2, -0.15) is 0 Å². The van der Waals surface area contributed by atoms with E-state index in [-0.39, 0.29) is 6.61 Å². The van der Waals surface area contributed by atoms with Crippen molar-refractivity contribution in [1.29, 1.82) is 0 Å². The molecule has 0 saturated heterocycles. The van der Waals surface area contributed by atoms with Crippen LogP contribution >= 0.6 is 0 Å². The van der Waals surface area contributed by atoms with E-state index in [0.717, 1.165) is 17.0 Å². The summed E-state index contributed by atoms with van der Waals surface area (Å²) in [6.07, 6.45) is 5.13. The number of halogens is 2. The normalized spacial score (nSPS) is 11.0. The third-order valence-corrected chi connectivity index (χ3v) is 4.04. The van der Waals surface area contributed by atoms with Crippen LogP contribution in [-0.4, -0.2) is 9.55 Å². The van der Waals surface area contributed by atoms with Crippen molar-refractivity contribution in [1.82, 2.24) is 9.55 Å². The third kappa shape index (κ3) is 3.87. The van der Waals surface area contributed by atoms with Crippen molar-refractivity contribution in [3.8, 4) is 5.75 Å². The van der Waals surface area contributed by atoms with Crippen molar-refractivity contribution in [3.05, 3.63) is 94.4 Å². The molecule has 0 aliphatic carbocycles. The predicted molar refractivity (Wildman–Crippen MR) is 94.5 cm³/mol. The minimum Gasteiger partial charge on any atom is -0.489 e. The molecule has 2 heterocycles. The first-order chi connectivity index (χ1) is 13.1. The molecule has 0 bridgehead atoms. The molecule has 0 atom stereocenters. The van der Waals surface area contributed by atoms with E-state index in [1.54, 1.807) is 36.9 Å². The first kappa shape index (κ1) is 17.0. The lowest BCUT2D eigenvalue weighted by Gasteiger charge is -2.10. The van der Waals surface area contributed by atoms with E-state index in [1.165, 1.54) is 18.2 Å². The summed E-state index contributed by atoms with van der Waals surface area (Å²) in [5.74, 6) is -0.903. The number of hydrogen-bond acceptors (Lipinski definition) is 4. The van der Waals surface area contributed by atoms with Crippen LogP contribution in [0.25, 0.3) is 11.0 Å². The number of hydrogen-bond donors (Lipinski definition) is 0. The van der Waals surface area contributed by atoms with E-state index in [9.17, 15) is 13.6 Å². The molecule has 4 rings (SSSR count). The van der Waals surface area contributed by atoms with E-state index in [2.05, 4.69) is 4.98 Å². The third-order valence-electron chi connectivity index (χ3n) is 4.04. The predicted octanol–water partition coefficient (Wildman–Crippen LogP) is 3.90. The Kier molecular flexibility index (Phi) is 4.42. The maximum Gasteiger partial charge on any atom is 0.336 e. The van der Waals surface area contributed by atoms with Gasteiger partial charge in [0.25, 0.3) is 0 Å². The molecule has 0 aliphatic heterocycles. The molecule has 4 aromatic rings. The number of rotatable bonds is 5. The van der Waals surface area contributed by atoms with E-state index in [1.807, 2.05) is 4.57 Å². The van der Waals surface area contributed by atoms with Gasteiger partial charge in [0, 0.05) is 42.5 Å². The molecule has 0 radical (unpaired) electrons. The SMILES string of the molecule is O=c1cc(Cn2ccnc2)c2ccc(OCc3cc(F)cc(F)c3)cc2o1. The van der Waals surface area contributed by atoms with E-state index >= 15 is 0 Å². The maximum atomic E-state index is 13.3. The van der Waals surface area contributed by atoms with Gasteiger partial charge in [-0.05, 0) is 35.4 Å². The zero-order valence-electron chi connectivity index (χ0n) is 14.1. The van der Waals surface area contributed by atoms with Gasteiger partial charge in [0.2, 0.25) is 0 Å². The highest BCUT2D eigenvalue weighted by Gasteiger charge is 2.09. The van der Waals surface area contributed by atoms with Crippen LogP contribution in [0.5, 0.6) is 5.75 Å². The summed E-state index contributed by atoms with van der Waals surface area (Å²) in [6.45, 7) is 0.462. The largest absolute Gasteiger partial charge is 0.489 e. The number of ether oxygens (including phenoxy) is 1. The van der Waals surface area contributed by atoms with Crippen LogP contribution in [0.4, 0.5) is 8.78 Å². The van der Waals surface area contributed by atoms with Crippen molar-refractivity contribution in [2.24, 2.45) is 0 Å². The molecule has 0 aliphatic rings. The van der Waals surface area contributed by atoms with Gasteiger partial charge < -0.3 is 13.7 Å². The van der Waals surface area contributed by atoms with Crippen LogP contribution in [0.15, 0.2) is 70.4 Å². The summed E-state index contributed by atoms with van der Waals surface area (Å²) in [4.78, 5) is 15.9. The second kappa shape index (κ2) is 7.03. The lowest BCUT2D eigenvalue weighted by Crippen LogP contribution is -2.05. The van der Waals surface area contributed by atoms with Gasteiger partial charge in [-0.25, -0.2) is 18.6 Å². The Balaban J connectivity index is 1.61. The van der Waals surface area contributed by atoms with Crippen LogP contribution in [-0.2, 0) is 13.2 Å². The summed E-state index contributed by atoms with van der Waals surface area (Å²) >= 11 is 0. The summed E-state index contributed by atoms with van der Waals surface area (Å²) in [7, 11) is 0. The van der Waals surface area contributed by atoms with Gasteiger partial charge in [-0.3, -0.25) is 0 Å². The van der Waals surface area contributed by atoms with Crippen LogP contribution in [0.1, 0.15) is 11.1 Å². The topological polar surface area (TPSA) is 57.3 Å². The average Bonchev–Trinajstić information content (AvgIpc) is 3.12. The molecule has 5 nitrogen and oxygen atoms in total. The fraction of sp³-hybridized carbons (Fsp3) is 0.100. The molecule has 27 heavy (non-hydrogen) atoms. The highest BCUT2D eigenvalue weighted by Crippen LogP contribution is 2.24. The monoisotopic (exact) mass is 368 g/mol. The van der Waals surface area contributed by atoms with Gasteiger partial charge in [0.15, 0.2) is 0 Å². The standard InChI is InChI=1S/C20H14F2N2O3/c21-15-5-13(6-16(22)8-15)11-26-17-1-2-18-14(10-24-4-3-23-12-24)7-20(25)27-19(18)9-17/h1-9,12H,10-11H2. The quantitative estimate of drug-likeness (QED) is 0.502. The van der Waals surface area contributed by atoms with Gasteiger partial charge in [0.05, 0.1) is 6.33 Å². The smallest absolute Gasteiger partial charge is 0.336 e. The molecule has 0 fully saturated rings. The summed E-state index contributed by atoms with van der Waals surface area (Å²) in [6, 6.07) is 9.74. The molecule has 136 valence electrons. The number of nitrogens with zero attached hydrogens (tertiary/aromatic N) is 2. The molecule has 0 unspecified atom stereocenters. The van der Waals surface area contributed by atoms with E-state index in [4.69, 9.17) is 9.15 Å². The minimum absolute atomic E-state index is 0.0147. The van der Waals surface area contributed by atoms with Gasteiger partial charge in [-0.1, -0.05) is 0 Å². The fourth-order valence-electron chi connectivity index (χ4n) is 2.87. The van der Waals surface area contributed by atoms with E-state index < -0.39 is 17.3 Å². The van der Waals surface area contributed by atoms with Crippen molar-refractivity contribution in [2.75, 3.05) is 0 Å². The Bertz CT molecular complexity index is 1130. The van der Waals surface area contributed by atoms with Crippen LogP contribution in [0.3, 0.4) is 0 Å². The Hall–Kier alpha value is -3.48. The Labute approximate surface area is 152 Å². The van der Waals surface area contributed by atoms with Crippen molar-refractivity contribution in [2.45, 2.75) is 13.2 Å². The van der Waals surface area contributed by atoms with Gasteiger partial charge in [-0.15, -0.1) is 0 Å². The molecule has 2 aromatic heterocycles. The van der Waals surface area contributed by atoms with Crippen molar-refractivity contribution < 1.29 is 17.9 Å². The highest BCUT2D eigenvalue weighted by atomic mass is 19.1. The highest BCUT2D eigenvalue weighted by molar-refractivity contribution is 5.81. The Morgan fingerprint density at radius 3 is 2.63 bits per heavy atom. The Morgan fingerprint density at radius 2 is 1.89 bits per heavy atom. The van der Waals surface area contributed by atoms with Crippen molar-refractivity contribution >= 4 is 11.0 Å². The number of benzene rings is 2. The molecule has 0 amide bonds. The minimum atomic E-state index is -0.665. The zero-order valence-corrected chi connectivity index (χ0v) is 14.1. The lowest BCUT2D eigenvalue weighted by molar-refractivity contribution is 0.304. The lowest BCUT2D eigenvalue weighted by atomic mass is 10.1. The number of imidazole rings is 1. The average molecular weight is 368 g/mol. The second-order valence-corrected chi connectivity index (χ2v) is 6.05. The second-order valence-electron chi connectivity index (χ2n) is 6.05. The molecule has 7 heteroatoms. The summed E-state index contributed by atoms with van der Waals surface area (Å²) in [5, 5.41) is 0.771. The van der Waals surface area contributed by atoms with Crippen LogP contribution < -0.4 is 10.4 Å². The molecule has 2 aromatic carbocycles. The van der Waals surface area contributed by atoms with Gasteiger partial charge >= 0.3 is 5.63 Å². The number of aromatic nitrogens is 2. The molecule has 0 saturated carbocycles. The van der Waals surface area contributed by atoms with Crippen molar-refractivity contribution in [3.63, 3.8) is 0 Å². The maximum absolute atomic E-state index is 13.3. The first-order valence-electron chi connectivity index (χ1n) is 8.17. The van der Waals surface area contributed by atoms with E-state index in [0.29, 0.717) is 23.4 Å². The molecule has 0 spiro atoms. The summed E-state index contributed by atoms with van der Waals surface area (Å²) < 4.78 is 39.2. The van der Waals surface area contributed by atoms with Gasteiger partial charge in [0.1, 0.15) is 29.6 Å². The first-order valence-corrected chi connectivity index (χ1v) is 8.17. The van der Waals surface area contributed by atoms with Crippen LogP contribution in [0, 0.1) is 11.6 Å². The Morgan fingerprint density at radius 1 is 1.07 bits per heavy atom. The number of fused-ring (bicyclic) bond motifs is 1. The van der Waals surface area contributed by atoms with Crippen LogP contribution in [0.2, 0.25) is 0 Å². The zero-order chi connectivity index (χ0) is 18.8. The summed E-state index contributed by atoms with van der Waals surface area (Å²) in [5.41, 5.74) is 1.06. The molecular formula is C20H14F2N2O3. The molecule has 0 N–H and O–H groups in total.